The number of unbranched alkanes of at least 4 members (excludes halogenated alkanes) is 1. The lowest BCUT2D eigenvalue weighted by Gasteiger charge is -2.10. The highest BCUT2D eigenvalue weighted by Gasteiger charge is 2.02. The van der Waals surface area contributed by atoms with E-state index in [9.17, 15) is 4.79 Å². The first-order valence-electron chi connectivity index (χ1n) is 8.10. The fourth-order valence-corrected chi connectivity index (χ4v) is 2.23. The molecule has 0 N–H and O–H groups in total. The largest absolute Gasteiger partial charge is 0.494 e. The summed E-state index contributed by atoms with van der Waals surface area (Å²) < 4.78 is 11.4. The van der Waals surface area contributed by atoms with Crippen LogP contribution in [0, 0.1) is 0 Å². The minimum atomic E-state index is 0.537. The van der Waals surface area contributed by atoms with Crippen LogP contribution < -0.4 is 9.47 Å². The molecule has 0 aliphatic rings. The molecule has 0 spiro atoms. The highest BCUT2D eigenvalue weighted by atomic mass is 16.5. The van der Waals surface area contributed by atoms with Crippen LogP contribution in [0.3, 0.4) is 0 Å². The van der Waals surface area contributed by atoms with Crippen molar-refractivity contribution in [3.8, 4) is 11.5 Å². The molecule has 2 aromatic rings. The summed E-state index contributed by atoms with van der Waals surface area (Å²) in [5, 5.41) is 0. The molecule has 0 fully saturated rings. The molecule has 3 heteroatoms. The lowest BCUT2D eigenvalue weighted by Crippen LogP contribution is -2.03. The van der Waals surface area contributed by atoms with Crippen molar-refractivity contribution in [3.63, 3.8) is 0 Å². The summed E-state index contributed by atoms with van der Waals surface area (Å²) in [5.41, 5.74) is 1.91. The van der Waals surface area contributed by atoms with E-state index < -0.39 is 0 Å². The molecular weight excluding hydrogens is 288 g/mol. The maximum atomic E-state index is 10.9. The van der Waals surface area contributed by atoms with Crippen molar-refractivity contribution in [2.24, 2.45) is 0 Å². The molecular formula is C20H24O3. The smallest absolute Gasteiger partial charge is 0.153 e. The molecule has 0 aliphatic carbocycles. The Morgan fingerprint density at radius 2 is 1.57 bits per heavy atom. The summed E-state index contributed by atoms with van der Waals surface area (Å²) >= 11 is 0. The van der Waals surface area contributed by atoms with Gasteiger partial charge in [0.1, 0.15) is 11.5 Å². The molecule has 0 amide bonds. The van der Waals surface area contributed by atoms with Gasteiger partial charge in [-0.1, -0.05) is 38.1 Å². The second-order valence-electron chi connectivity index (χ2n) is 5.78. The average Bonchev–Trinajstić information content (AvgIpc) is 2.58. The second kappa shape index (κ2) is 8.99. The van der Waals surface area contributed by atoms with E-state index in [1.807, 2.05) is 30.3 Å². The van der Waals surface area contributed by atoms with Crippen LogP contribution in [-0.4, -0.2) is 19.5 Å². The first kappa shape index (κ1) is 17.1. The number of aldehydes is 1. The number of hydrogen-bond donors (Lipinski definition) is 0. The predicted octanol–water partition coefficient (Wildman–Crippen LogP) is 4.86. The highest BCUT2D eigenvalue weighted by molar-refractivity contribution is 5.79. The molecule has 2 aromatic carbocycles. The molecule has 0 saturated heterocycles. The van der Waals surface area contributed by atoms with Gasteiger partial charge in [0, 0.05) is 0 Å². The van der Waals surface area contributed by atoms with Crippen molar-refractivity contribution in [2.45, 2.75) is 32.6 Å². The molecule has 0 saturated carbocycles. The third kappa shape index (κ3) is 5.44. The summed E-state index contributed by atoms with van der Waals surface area (Å²) in [4.78, 5) is 10.9. The van der Waals surface area contributed by atoms with Gasteiger partial charge in [-0.25, -0.2) is 0 Å². The second-order valence-corrected chi connectivity index (χ2v) is 5.78. The highest BCUT2D eigenvalue weighted by Crippen LogP contribution is 2.19. The fraction of sp³-hybridized carbons (Fsp3) is 0.350. The van der Waals surface area contributed by atoms with Crippen molar-refractivity contribution < 1.29 is 14.3 Å². The molecule has 2 rings (SSSR count). The predicted molar refractivity (Wildman–Crippen MR) is 92.6 cm³/mol. The molecule has 0 aromatic heterocycles. The van der Waals surface area contributed by atoms with E-state index in [0.717, 1.165) is 24.9 Å². The van der Waals surface area contributed by atoms with Gasteiger partial charge in [0.2, 0.25) is 0 Å². The minimum absolute atomic E-state index is 0.537. The molecule has 0 atom stereocenters. The van der Waals surface area contributed by atoms with Crippen LogP contribution in [-0.2, 0) is 0 Å². The van der Waals surface area contributed by atoms with Crippen LogP contribution in [0.4, 0.5) is 0 Å². The molecule has 0 unspecified atom stereocenters. The van der Waals surface area contributed by atoms with Crippen LogP contribution in [0.2, 0.25) is 0 Å². The summed E-state index contributed by atoms with van der Waals surface area (Å²) in [6.07, 6.45) is 2.62. The van der Waals surface area contributed by atoms with E-state index in [-0.39, 0.29) is 0 Å². The fourth-order valence-electron chi connectivity index (χ4n) is 2.23. The molecule has 0 bridgehead atoms. The number of carbonyl (C=O) groups excluding carboxylic acids is 1. The Hall–Kier alpha value is -2.29. The van der Waals surface area contributed by atoms with Gasteiger partial charge in [-0.15, -0.1) is 0 Å². The normalized spacial score (nSPS) is 10.6. The van der Waals surface area contributed by atoms with Crippen molar-refractivity contribution in [2.75, 3.05) is 13.2 Å². The maximum absolute atomic E-state index is 10.9. The summed E-state index contributed by atoms with van der Waals surface area (Å²) in [7, 11) is 0. The zero-order valence-corrected chi connectivity index (χ0v) is 13.8. The Morgan fingerprint density at radius 3 is 2.22 bits per heavy atom. The molecule has 0 radical (unpaired) electrons. The zero-order chi connectivity index (χ0) is 16.5. The summed E-state index contributed by atoms with van der Waals surface area (Å²) in [5.74, 6) is 2.09. The Morgan fingerprint density at radius 1 is 0.913 bits per heavy atom. The quantitative estimate of drug-likeness (QED) is 0.490. The number of para-hydroxylation sites is 1. The minimum Gasteiger partial charge on any atom is -0.494 e. The Bertz CT molecular complexity index is 603. The molecule has 0 heterocycles. The topological polar surface area (TPSA) is 35.5 Å². The SMILES string of the molecule is CC(C)c1ccc(OCCCCOc2ccccc2C=O)cc1. The Kier molecular flexibility index (Phi) is 6.67. The van der Waals surface area contributed by atoms with E-state index in [0.29, 0.717) is 30.4 Å². The lowest BCUT2D eigenvalue weighted by atomic mass is 10.0. The maximum Gasteiger partial charge on any atom is 0.153 e. The first-order chi connectivity index (χ1) is 11.2. The third-order valence-electron chi connectivity index (χ3n) is 3.66. The third-order valence-corrected chi connectivity index (χ3v) is 3.66. The van der Waals surface area contributed by atoms with Gasteiger partial charge in [-0.2, -0.15) is 0 Å². The van der Waals surface area contributed by atoms with Crippen LogP contribution in [0.5, 0.6) is 11.5 Å². The van der Waals surface area contributed by atoms with Crippen molar-refractivity contribution in [1.82, 2.24) is 0 Å². The molecule has 3 nitrogen and oxygen atoms in total. The first-order valence-corrected chi connectivity index (χ1v) is 8.10. The molecule has 122 valence electrons. The average molecular weight is 312 g/mol. The zero-order valence-electron chi connectivity index (χ0n) is 13.8. The van der Waals surface area contributed by atoms with Gasteiger partial charge in [0.05, 0.1) is 18.8 Å². The number of rotatable bonds is 9. The van der Waals surface area contributed by atoms with Gasteiger partial charge < -0.3 is 9.47 Å². The van der Waals surface area contributed by atoms with Crippen LogP contribution in [0.25, 0.3) is 0 Å². The van der Waals surface area contributed by atoms with Crippen LogP contribution in [0.15, 0.2) is 48.5 Å². The Labute approximate surface area is 138 Å². The summed E-state index contributed by atoms with van der Waals surface area (Å²) in [6, 6.07) is 15.5. The van der Waals surface area contributed by atoms with E-state index in [4.69, 9.17) is 9.47 Å². The van der Waals surface area contributed by atoms with E-state index in [2.05, 4.69) is 26.0 Å². The van der Waals surface area contributed by atoms with Gasteiger partial charge in [-0.05, 0) is 48.6 Å². The van der Waals surface area contributed by atoms with E-state index in [1.165, 1.54) is 5.56 Å². The Balaban J connectivity index is 1.65. The van der Waals surface area contributed by atoms with Gasteiger partial charge in [-0.3, -0.25) is 4.79 Å². The van der Waals surface area contributed by atoms with Crippen LogP contribution >= 0.6 is 0 Å². The van der Waals surface area contributed by atoms with E-state index in [1.54, 1.807) is 6.07 Å². The number of benzene rings is 2. The summed E-state index contributed by atoms with van der Waals surface area (Å²) in [6.45, 7) is 5.61. The van der Waals surface area contributed by atoms with Crippen molar-refractivity contribution in [3.05, 3.63) is 59.7 Å². The van der Waals surface area contributed by atoms with Crippen molar-refractivity contribution >= 4 is 6.29 Å². The van der Waals surface area contributed by atoms with Crippen LogP contribution in [0.1, 0.15) is 48.5 Å². The standard InChI is InChI=1S/C20H24O3/c1-16(2)17-9-11-19(12-10-17)22-13-5-6-14-23-20-8-4-3-7-18(20)15-21/h3-4,7-12,15-16H,5-6,13-14H2,1-2H3. The number of carbonyl (C=O) groups is 1. The lowest BCUT2D eigenvalue weighted by molar-refractivity contribution is 0.111. The van der Waals surface area contributed by atoms with Gasteiger partial charge >= 0.3 is 0 Å². The number of hydrogen-bond acceptors (Lipinski definition) is 3. The van der Waals surface area contributed by atoms with E-state index >= 15 is 0 Å². The van der Waals surface area contributed by atoms with Crippen molar-refractivity contribution in [1.29, 1.82) is 0 Å². The number of ether oxygens (including phenoxy) is 2. The molecule has 0 aliphatic heterocycles. The molecule has 23 heavy (non-hydrogen) atoms. The van der Waals surface area contributed by atoms with Gasteiger partial charge in [0.15, 0.2) is 6.29 Å². The monoisotopic (exact) mass is 312 g/mol. The van der Waals surface area contributed by atoms with Gasteiger partial charge in [0.25, 0.3) is 0 Å².